The molecule has 3 nitrogen and oxygen atoms in total. The Labute approximate surface area is 135 Å². The third-order valence-electron chi connectivity index (χ3n) is 2.58. The van der Waals surface area contributed by atoms with Crippen LogP contribution in [0, 0.1) is 0 Å². The first kappa shape index (κ1) is 18.3. The van der Waals surface area contributed by atoms with Gasteiger partial charge in [-0.25, -0.2) is 0 Å². The quantitative estimate of drug-likeness (QED) is 0.437. The summed E-state index contributed by atoms with van der Waals surface area (Å²) in [4.78, 5) is 0. The summed E-state index contributed by atoms with van der Waals surface area (Å²) in [6.07, 6.45) is 0.0545. The van der Waals surface area contributed by atoms with Gasteiger partial charge >= 0.3 is 7.60 Å². The van der Waals surface area contributed by atoms with Crippen LogP contribution in [0.3, 0.4) is 0 Å². The van der Waals surface area contributed by atoms with Crippen LogP contribution in [0.25, 0.3) is 0 Å². The second-order valence-electron chi connectivity index (χ2n) is 4.08. The lowest BCUT2D eigenvalue weighted by molar-refractivity contribution is 0.213. The van der Waals surface area contributed by atoms with Gasteiger partial charge in [-0.05, 0) is 19.4 Å². The summed E-state index contributed by atoms with van der Waals surface area (Å²) in [5.74, 6) is 0. The monoisotopic (exact) mass is 358 g/mol. The van der Waals surface area contributed by atoms with E-state index in [1.165, 1.54) is 0 Å². The fourth-order valence-electron chi connectivity index (χ4n) is 1.67. The van der Waals surface area contributed by atoms with Crippen LogP contribution in [0.5, 0.6) is 0 Å². The normalized spacial score (nSPS) is 14.2. The van der Waals surface area contributed by atoms with E-state index in [9.17, 15) is 4.57 Å². The molecule has 1 atom stereocenters. The highest BCUT2D eigenvalue weighted by Crippen LogP contribution is 2.67. The fraction of sp³-hybridized carbons (Fsp3) is 0.538. The van der Waals surface area contributed by atoms with Crippen molar-refractivity contribution in [2.75, 3.05) is 13.2 Å². The molecule has 0 saturated heterocycles. The van der Waals surface area contributed by atoms with Gasteiger partial charge in [0.1, 0.15) is 0 Å². The highest BCUT2D eigenvalue weighted by Gasteiger charge is 2.49. The molecule has 0 aliphatic carbocycles. The van der Waals surface area contributed by atoms with Crippen molar-refractivity contribution in [2.24, 2.45) is 0 Å². The molecule has 0 bridgehead atoms. The van der Waals surface area contributed by atoms with Crippen molar-refractivity contribution in [3.05, 3.63) is 35.9 Å². The Bertz CT molecular complexity index is 443. The van der Waals surface area contributed by atoms with Crippen molar-refractivity contribution in [1.82, 2.24) is 0 Å². The van der Waals surface area contributed by atoms with Crippen LogP contribution < -0.4 is 0 Å². The molecule has 1 rings (SSSR count). The molecule has 1 aromatic carbocycles. The van der Waals surface area contributed by atoms with E-state index in [4.69, 9.17) is 43.9 Å². The second-order valence-corrected chi connectivity index (χ2v) is 8.89. The van der Waals surface area contributed by atoms with E-state index in [-0.39, 0.29) is 19.6 Å². The Hall–Kier alpha value is 0.240. The molecule has 114 valence electrons. The maximum atomic E-state index is 12.6. The van der Waals surface area contributed by atoms with Gasteiger partial charge in [-0.15, -0.1) is 11.6 Å². The Balaban J connectivity index is 2.89. The van der Waals surface area contributed by atoms with Gasteiger partial charge < -0.3 is 9.05 Å². The van der Waals surface area contributed by atoms with Crippen molar-refractivity contribution >= 4 is 42.4 Å². The first-order chi connectivity index (χ1) is 9.36. The summed E-state index contributed by atoms with van der Waals surface area (Å²) in [5, 5.41) is -0.486. The second kappa shape index (κ2) is 8.03. The SMILES string of the molecule is CCOP(=O)(OCC)C(Cl)(Cl)CC(Cl)c1ccccc1. The molecule has 0 heterocycles. The Morgan fingerprint density at radius 3 is 2.10 bits per heavy atom. The summed E-state index contributed by atoms with van der Waals surface area (Å²) in [5.41, 5.74) is 0.847. The van der Waals surface area contributed by atoms with E-state index in [1.807, 2.05) is 30.3 Å². The lowest BCUT2D eigenvalue weighted by Gasteiger charge is -2.30. The third kappa shape index (κ3) is 4.62. The van der Waals surface area contributed by atoms with Gasteiger partial charge in [0.05, 0.1) is 18.6 Å². The van der Waals surface area contributed by atoms with Crippen LogP contribution in [0.1, 0.15) is 31.2 Å². The highest BCUT2D eigenvalue weighted by molar-refractivity contribution is 7.60. The average molecular weight is 360 g/mol. The van der Waals surface area contributed by atoms with Gasteiger partial charge in [0, 0.05) is 6.42 Å². The van der Waals surface area contributed by atoms with E-state index >= 15 is 0 Å². The van der Waals surface area contributed by atoms with E-state index in [2.05, 4.69) is 0 Å². The zero-order valence-corrected chi connectivity index (χ0v) is 14.6. The molecule has 20 heavy (non-hydrogen) atoms. The predicted octanol–water partition coefficient (Wildman–Crippen LogP) is 5.75. The van der Waals surface area contributed by atoms with Gasteiger partial charge in [-0.3, -0.25) is 4.57 Å². The molecule has 0 amide bonds. The minimum Gasteiger partial charge on any atom is -0.307 e. The molecule has 0 aliphatic heterocycles. The maximum Gasteiger partial charge on any atom is 0.366 e. The number of alkyl halides is 3. The van der Waals surface area contributed by atoms with Crippen LogP contribution in [0.4, 0.5) is 0 Å². The summed E-state index contributed by atoms with van der Waals surface area (Å²) in [6, 6.07) is 9.31. The van der Waals surface area contributed by atoms with Gasteiger partial charge in [-0.2, -0.15) is 0 Å². The summed E-state index contributed by atoms with van der Waals surface area (Å²) >= 11 is 18.7. The number of benzene rings is 1. The zero-order chi connectivity index (χ0) is 15.2. The standard InChI is InChI=1S/C13H18Cl3O3P/c1-3-18-20(17,19-4-2)13(15,16)10-12(14)11-8-6-5-7-9-11/h5-9,12H,3-4,10H2,1-2H3. The molecule has 0 spiro atoms. The van der Waals surface area contributed by atoms with Gasteiger partial charge in [-0.1, -0.05) is 53.5 Å². The van der Waals surface area contributed by atoms with E-state index in [0.29, 0.717) is 0 Å². The van der Waals surface area contributed by atoms with E-state index in [0.717, 1.165) is 5.56 Å². The molecule has 0 radical (unpaired) electrons. The van der Waals surface area contributed by atoms with Crippen LogP contribution >= 0.6 is 42.4 Å². The van der Waals surface area contributed by atoms with Gasteiger partial charge in [0.2, 0.25) is 4.07 Å². The predicted molar refractivity (Wildman–Crippen MR) is 84.9 cm³/mol. The lowest BCUT2D eigenvalue weighted by Crippen LogP contribution is -2.20. The smallest absolute Gasteiger partial charge is 0.307 e. The molecule has 0 N–H and O–H groups in total. The highest BCUT2D eigenvalue weighted by atomic mass is 35.5. The molecule has 1 aromatic rings. The molecule has 0 fully saturated rings. The Morgan fingerprint density at radius 1 is 1.15 bits per heavy atom. The van der Waals surface area contributed by atoms with Crippen molar-refractivity contribution in [3.8, 4) is 0 Å². The molecule has 0 aromatic heterocycles. The van der Waals surface area contributed by atoms with Crippen molar-refractivity contribution in [3.63, 3.8) is 0 Å². The molecule has 7 heteroatoms. The Morgan fingerprint density at radius 2 is 1.65 bits per heavy atom. The van der Waals surface area contributed by atoms with Gasteiger partial charge in [0.15, 0.2) is 0 Å². The summed E-state index contributed by atoms with van der Waals surface area (Å²) in [7, 11) is -3.65. The maximum absolute atomic E-state index is 12.6. The van der Waals surface area contributed by atoms with Crippen LogP contribution in [0.2, 0.25) is 0 Å². The molecular formula is C13H18Cl3O3P. The molecule has 0 saturated carbocycles. The van der Waals surface area contributed by atoms with Crippen molar-refractivity contribution in [2.45, 2.75) is 29.7 Å². The minimum absolute atomic E-state index is 0.0545. The summed E-state index contributed by atoms with van der Waals surface area (Å²) < 4.78 is 21.3. The number of hydrogen-bond donors (Lipinski definition) is 0. The number of rotatable bonds is 8. The Kier molecular flexibility index (Phi) is 7.34. The first-order valence-electron chi connectivity index (χ1n) is 6.32. The fourth-order valence-corrected chi connectivity index (χ4v) is 4.75. The van der Waals surface area contributed by atoms with E-state index < -0.39 is 17.0 Å². The molecule has 0 aliphatic rings. The van der Waals surface area contributed by atoms with Crippen molar-refractivity contribution < 1.29 is 13.6 Å². The summed E-state index contributed by atoms with van der Waals surface area (Å²) in [6.45, 7) is 3.78. The average Bonchev–Trinajstić information content (AvgIpc) is 2.39. The van der Waals surface area contributed by atoms with Crippen LogP contribution in [-0.2, 0) is 13.6 Å². The zero-order valence-electron chi connectivity index (χ0n) is 11.4. The first-order valence-corrected chi connectivity index (χ1v) is 9.06. The van der Waals surface area contributed by atoms with Crippen LogP contribution in [-0.4, -0.2) is 17.3 Å². The number of hydrogen-bond acceptors (Lipinski definition) is 3. The third-order valence-corrected chi connectivity index (χ3v) is 6.72. The topological polar surface area (TPSA) is 35.5 Å². The molecular weight excluding hydrogens is 341 g/mol. The minimum atomic E-state index is -3.65. The van der Waals surface area contributed by atoms with E-state index in [1.54, 1.807) is 13.8 Å². The largest absolute Gasteiger partial charge is 0.366 e. The van der Waals surface area contributed by atoms with Crippen LogP contribution in [0.15, 0.2) is 30.3 Å². The molecule has 1 unspecified atom stereocenters. The van der Waals surface area contributed by atoms with Gasteiger partial charge in [0.25, 0.3) is 0 Å². The number of halogens is 3. The van der Waals surface area contributed by atoms with Crippen molar-refractivity contribution in [1.29, 1.82) is 0 Å². The lowest BCUT2D eigenvalue weighted by atomic mass is 10.1.